The highest BCUT2D eigenvalue weighted by molar-refractivity contribution is 7.98. The van der Waals surface area contributed by atoms with Gasteiger partial charge >= 0.3 is 0 Å². The molecule has 1 aliphatic rings. The zero-order chi connectivity index (χ0) is 13.9. The second kappa shape index (κ2) is 6.14. The van der Waals surface area contributed by atoms with Crippen LogP contribution in [0.5, 0.6) is 5.75 Å². The maximum absolute atomic E-state index is 14.8. The SMILES string of the molecule is COc1ccc(C2(CN)CCCCC2)c(F)c1SC. The summed E-state index contributed by atoms with van der Waals surface area (Å²) in [6, 6.07) is 3.74. The van der Waals surface area contributed by atoms with Crippen molar-refractivity contribution in [3.63, 3.8) is 0 Å². The Morgan fingerprint density at radius 3 is 2.53 bits per heavy atom. The predicted molar refractivity (Wildman–Crippen MR) is 78.6 cm³/mol. The molecule has 0 aromatic heterocycles. The van der Waals surface area contributed by atoms with Gasteiger partial charge in [0, 0.05) is 12.0 Å². The molecule has 2 nitrogen and oxygen atoms in total. The number of hydrogen-bond donors (Lipinski definition) is 1. The van der Waals surface area contributed by atoms with E-state index in [0.717, 1.165) is 31.2 Å². The molecule has 0 aliphatic heterocycles. The minimum atomic E-state index is -0.181. The molecule has 19 heavy (non-hydrogen) atoms. The highest BCUT2D eigenvalue weighted by atomic mass is 32.2. The highest BCUT2D eigenvalue weighted by Gasteiger charge is 2.36. The second-order valence-electron chi connectivity index (χ2n) is 5.21. The highest BCUT2D eigenvalue weighted by Crippen LogP contribution is 2.43. The first-order chi connectivity index (χ1) is 9.18. The third-order valence-corrected chi connectivity index (χ3v) is 5.05. The molecule has 0 atom stereocenters. The van der Waals surface area contributed by atoms with Crippen LogP contribution in [-0.4, -0.2) is 19.9 Å². The molecule has 1 fully saturated rings. The van der Waals surface area contributed by atoms with Crippen molar-refractivity contribution in [1.29, 1.82) is 0 Å². The van der Waals surface area contributed by atoms with Crippen LogP contribution < -0.4 is 10.5 Å². The van der Waals surface area contributed by atoms with Gasteiger partial charge in [-0.05, 0) is 30.7 Å². The van der Waals surface area contributed by atoms with E-state index < -0.39 is 0 Å². The van der Waals surface area contributed by atoms with Gasteiger partial charge in [0.05, 0.1) is 12.0 Å². The van der Waals surface area contributed by atoms with E-state index >= 15 is 0 Å². The molecule has 1 aromatic carbocycles. The quantitative estimate of drug-likeness (QED) is 0.855. The second-order valence-corrected chi connectivity index (χ2v) is 6.02. The number of nitrogens with two attached hydrogens (primary N) is 1. The van der Waals surface area contributed by atoms with Crippen LogP contribution in [-0.2, 0) is 5.41 Å². The van der Waals surface area contributed by atoms with Gasteiger partial charge in [0.25, 0.3) is 0 Å². The summed E-state index contributed by atoms with van der Waals surface area (Å²) in [4.78, 5) is 0.596. The summed E-state index contributed by atoms with van der Waals surface area (Å²) >= 11 is 1.39. The fourth-order valence-corrected chi connectivity index (χ4v) is 3.75. The molecule has 1 aliphatic carbocycles. The first kappa shape index (κ1) is 14.7. The van der Waals surface area contributed by atoms with Crippen LogP contribution in [0.2, 0.25) is 0 Å². The lowest BCUT2D eigenvalue weighted by Crippen LogP contribution is -2.38. The van der Waals surface area contributed by atoms with E-state index in [9.17, 15) is 4.39 Å². The number of hydrogen-bond acceptors (Lipinski definition) is 3. The Morgan fingerprint density at radius 1 is 1.32 bits per heavy atom. The topological polar surface area (TPSA) is 35.2 Å². The van der Waals surface area contributed by atoms with Crippen molar-refractivity contribution in [2.24, 2.45) is 5.73 Å². The monoisotopic (exact) mass is 283 g/mol. The van der Waals surface area contributed by atoms with Crippen LogP contribution in [0, 0.1) is 5.82 Å². The predicted octanol–water partition coefficient (Wildman–Crippen LogP) is 3.72. The number of rotatable bonds is 4. The first-order valence-electron chi connectivity index (χ1n) is 6.79. The van der Waals surface area contributed by atoms with Crippen molar-refractivity contribution in [3.8, 4) is 5.75 Å². The summed E-state index contributed by atoms with van der Waals surface area (Å²) in [5.41, 5.74) is 6.59. The molecule has 1 saturated carbocycles. The third-order valence-electron chi connectivity index (χ3n) is 4.26. The van der Waals surface area contributed by atoms with E-state index in [0.29, 0.717) is 17.2 Å². The molecule has 106 valence electrons. The normalized spacial score (nSPS) is 18.3. The van der Waals surface area contributed by atoms with E-state index in [-0.39, 0.29) is 11.2 Å². The lowest BCUT2D eigenvalue weighted by molar-refractivity contribution is 0.288. The summed E-state index contributed by atoms with van der Waals surface area (Å²) in [6.45, 7) is 0.518. The van der Waals surface area contributed by atoms with Gasteiger partial charge in [0.15, 0.2) is 0 Å². The van der Waals surface area contributed by atoms with Crippen LogP contribution in [0.3, 0.4) is 0 Å². The van der Waals surface area contributed by atoms with Crippen molar-refractivity contribution in [3.05, 3.63) is 23.5 Å². The van der Waals surface area contributed by atoms with Gasteiger partial charge in [0.1, 0.15) is 11.6 Å². The van der Waals surface area contributed by atoms with Gasteiger partial charge in [-0.1, -0.05) is 25.3 Å². The summed E-state index contributed by atoms with van der Waals surface area (Å²) < 4.78 is 20.0. The lowest BCUT2D eigenvalue weighted by atomic mass is 9.69. The smallest absolute Gasteiger partial charge is 0.144 e. The number of halogens is 1. The van der Waals surface area contributed by atoms with Gasteiger partial charge in [-0.3, -0.25) is 0 Å². The molecular formula is C15H22FNOS. The summed E-state index contributed by atoms with van der Waals surface area (Å²) in [5, 5.41) is 0. The molecular weight excluding hydrogens is 261 g/mol. The summed E-state index contributed by atoms with van der Waals surface area (Å²) in [6.07, 6.45) is 7.35. The average Bonchev–Trinajstić information content (AvgIpc) is 2.47. The standard InChI is InChI=1S/C15H22FNOS/c1-18-12-7-6-11(13(16)14(12)19-2)15(10-17)8-4-3-5-9-15/h6-7H,3-5,8-10,17H2,1-2H3. The molecule has 4 heteroatoms. The number of methoxy groups -OCH3 is 1. The maximum Gasteiger partial charge on any atom is 0.144 e. The number of thioether (sulfide) groups is 1. The zero-order valence-corrected chi connectivity index (χ0v) is 12.5. The van der Waals surface area contributed by atoms with E-state index in [1.54, 1.807) is 7.11 Å². The summed E-state index contributed by atoms with van der Waals surface area (Å²) in [5.74, 6) is 0.468. The van der Waals surface area contributed by atoms with Crippen molar-refractivity contribution >= 4 is 11.8 Å². The molecule has 0 bridgehead atoms. The molecule has 0 saturated heterocycles. The average molecular weight is 283 g/mol. The Hall–Kier alpha value is -0.740. The van der Waals surface area contributed by atoms with Crippen LogP contribution in [0.4, 0.5) is 4.39 Å². The van der Waals surface area contributed by atoms with E-state index in [2.05, 4.69) is 0 Å². The van der Waals surface area contributed by atoms with Crippen LogP contribution in [0.25, 0.3) is 0 Å². The van der Waals surface area contributed by atoms with Gasteiger partial charge in [-0.15, -0.1) is 11.8 Å². The Bertz CT molecular complexity index is 444. The molecule has 0 amide bonds. The van der Waals surface area contributed by atoms with E-state index in [1.807, 2.05) is 18.4 Å². The lowest BCUT2D eigenvalue weighted by Gasteiger charge is -2.37. The Balaban J connectivity index is 2.49. The van der Waals surface area contributed by atoms with Crippen LogP contribution >= 0.6 is 11.8 Å². The number of ether oxygens (including phenoxy) is 1. The van der Waals surface area contributed by atoms with Crippen LogP contribution in [0.1, 0.15) is 37.7 Å². The minimum Gasteiger partial charge on any atom is -0.495 e. The van der Waals surface area contributed by atoms with Gasteiger partial charge in [-0.25, -0.2) is 4.39 Å². The first-order valence-corrected chi connectivity index (χ1v) is 8.02. The molecule has 2 N–H and O–H groups in total. The van der Waals surface area contributed by atoms with Crippen molar-refractivity contribution in [2.75, 3.05) is 19.9 Å². The molecule has 1 aromatic rings. The van der Waals surface area contributed by atoms with E-state index in [4.69, 9.17) is 10.5 Å². The largest absolute Gasteiger partial charge is 0.495 e. The van der Waals surface area contributed by atoms with Crippen LogP contribution in [0.15, 0.2) is 17.0 Å². The Morgan fingerprint density at radius 2 is 2.00 bits per heavy atom. The van der Waals surface area contributed by atoms with Gasteiger partial charge in [0.2, 0.25) is 0 Å². The van der Waals surface area contributed by atoms with Gasteiger partial charge in [-0.2, -0.15) is 0 Å². The van der Waals surface area contributed by atoms with Crippen molar-refractivity contribution in [2.45, 2.75) is 42.4 Å². The fraction of sp³-hybridized carbons (Fsp3) is 0.600. The zero-order valence-electron chi connectivity index (χ0n) is 11.7. The van der Waals surface area contributed by atoms with Crippen molar-refractivity contribution < 1.29 is 9.13 Å². The maximum atomic E-state index is 14.8. The third kappa shape index (κ3) is 2.61. The summed E-state index contributed by atoms with van der Waals surface area (Å²) in [7, 11) is 1.58. The molecule has 0 unspecified atom stereocenters. The molecule has 0 spiro atoms. The Kier molecular flexibility index (Phi) is 4.74. The van der Waals surface area contributed by atoms with E-state index in [1.165, 1.54) is 18.2 Å². The minimum absolute atomic E-state index is 0.140. The van der Waals surface area contributed by atoms with Crippen molar-refractivity contribution in [1.82, 2.24) is 0 Å². The fourth-order valence-electron chi connectivity index (χ4n) is 3.11. The molecule has 2 rings (SSSR count). The number of benzene rings is 1. The van der Waals surface area contributed by atoms with Gasteiger partial charge < -0.3 is 10.5 Å². The molecule has 0 heterocycles. The Labute approximate surface area is 118 Å². The molecule has 0 radical (unpaired) electrons.